The number of hydrogen-bond acceptors (Lipinski definition) is 7. The third kappa shape index (κ3) is 11.2. The molecule has 0 radical (unpaired) electrons. The van der Waals surface area contributed by atoms with E-state index in [1.165, 1.54) is 0 Å². The molecule has 162 valence electrons. The second-order valence-corrected chi connectivity index (χ2v) is 9.13. The van der Waals surface area contributed by atoms with E-state index in [9.17, 15) is 9.59 Å². The summed E-state index contributed by atoms with van der Waals surface area (Å²) in [7, 11) is 0. The number of hydrogen-bond donors (Lipinski definition) is 3. The van der Waals surface area contributed by atoms with Crippen LogP contribution in [0, 0.1) is 16.4 Å². The van der Waals surface area contributed by atoms with Crippen molar-refractivity contribution in [2.75, 3.05) is 0 Å². The summed E-state index contributed by atoms with van der Waals surface area (Å²) in [6, 6.07) is 0. The predicted molar refractivity (Wildman–Crippen MR) is 109 cm³/mol. The fourth-order valence-corrected chi connectivity index (χ4v) is 3.14. The number of rotatable bonds is 15. The first kappa shape index (κ1) is 24.5. The highest BCUT2D eigenvalue weighted by Gasteiger charge is 2.23. The molecule has 0 saturated heterocycles. The van der Waals surface area contributed by atoms with Crippen molar-refractivity contribution in [2.24, 2.45) is 26.9 Å². The summed E-state index contributed by atoms with van der Waals surface area (Å²) < 4.78 is 0. The summed E-state index contributed by atoms with van der Waals surface area (Å²) in [5.41, 5.74) is 12.1. The first-order valence-electron chi connectivity index (χ1n) is 9.97. The molecular weight excluding hydrogens is 372 g/mol. The quantitative estimate of drug-likeness (QED) is 0.175. The van der Waals surface area contributed by atoms with Gasteiger partial charge in [0.2, 0.25) is 0 Å². The molecule has 0 unspecified atom stereocenters. The maximum Gasteiger partial charge on any atom is 0.175 e. The molecule has 10 nitrogen and oxygen atoms in total. The van der Waals surface area contributed by atoms with Gasteiger partial charge in [0.15, 0.2) is 5.82 Å². The Morgan fingerprint density at radius 3 is 2.14 bits per heavy atom. The minimum Gasteiger partial charge on any atom is -0.386 e. The number of aromatic amines is 1. The number of ketones is 2. The van der Waals surface area contributed by atoms with Crippen LogP contribution in [0.4, 0.5) is 0 Å². The number of H-pyrrole nitrogens is 1. The lowest BCUT2D eigenvalue weighted by Crippen LogP contribution is -2.23. The maximum atomic E-state index is 12.2. The van der Waals surface area contributed by atoms with Crippen LogP contribution >= 0.6 is 0 Å². The molecule has 0 amide bonds. The van der Waals surface area contributed by atoms with Crippen molar-refractivity contribution >= 4 is 17.4 Å². The van der Waals surface area contributed by atoms with Gasteiger partial charge in [0.05, 0.1) is 0 Å². The molecule has 0 atom stereocenters. The molecule has 10 heteroatoms. The Labute approximate surface area is 172 Å². The average Bonchev–Trinajstić information content (AvgIpc) is 3.10. The second-order valence-electron chi connectivity index (χ2n) is 9.13. The van der Waals surface area contributed by atoms with Gasteiger partial charge in [-0.15, -0.1) is 15.3 Å². The zero-order valence-corrected chi connectivity index (χ0v) is 18.0. The first-order valence-corrected chi connectivity index (χ1v) is 9.97. The molecule has 1 rings (SSSR count). The van der Waals surface area contributed by atoms with Crippen LogP contribution in [-0.2, 0) is 16.0 Å². The van der Waals surface area contributed by atoms with E-state index in [0.717, 1.165) is 6.42 Å². The smallest absolute Gasteiger partial charge is 0.175 e. The number of amidine groups is 1. The Hall–Kier alpha value is -2.52. The standard InChI is InChI=1S/C19H34N8O2/c1-18(2,12-16(20)22-25-21)10-8-14(28)6-5-7-15(29)9-11-19(3,4)13-17-23-26-27-24-17/h5-13H2,1-4H3,(H3,20,21,22)(H,23,24,26,27). The van der Waals surface area contributed by atoms with Gasteiger partial charge < -0.3 is 5.73 Å². The summed E-state index contributed by atoms with van der Waals surface area (Å²) in [4.78, 5) is 24.3. The number of nitrogens with two attached hydrogens (primary N) is 1. The molecule has 0 fully saturated rings. The van der Waals surface area contributed by atoms with E-state index in [2.05, 4.69) is 44.8 Å². The Morgan fingerprint density at radius 1 is 1.03 bits per heavy atom. The molecule has 0 spiro atoms. The number of carbonyl (C=O) groups excluding carboxylic acids is 2. The SMILES string of the molecule is CC(C)(CCC(=O)CCCC(=O)CCC(C)(C)Cc1nn[nH]n1)C/C(N)=N/N=N. The number of nitrogens with zero attached hydrogens (tertiary/aromatic N) is 5. The fraction of sp³-hybridized carbons (Fsp3) is 0.789. The molecule has 1 aromatic heterocycles. The maximum absolute atomic E-state index is 12.2. The summed E-state index contributed by atoms with van der Waals surface area (Å²) >= 11 is 0. The lowest BCUT2D eigenvalue weighted by Gasteiger charge is -2.23. The van der Waals surface area contributed by atoms with Gasteiger partial charge in [-0.1, -0.05) is 38.1 Å². The van der Waals surface area contributed by atoms with Gasteiger partial charge in [-0.05, 0) is 30.1 Å². The van der Waals surface area contributed by atoms with Gasteiger partial charge in [-0.2, -0.15) is 10.7 Å². The van der Waals surface area contributed by atoms with Crippen LogP contribution in [0.2, 0.25) is 0 Å². The zero-order valence-electron chi connectivity index (χ0n) is 18.0. The first-order chi connectivity index (χ1) is 13.5. The van der Waals surface area contributed by atoms with Gasteiger partial charge in [0.1, 0.15) is 17.4 Å². The van der Waals surface area contributed by atoms with Gasteiger partial charge in [-0.25, -0.2) is 0 Å². The lowest BCUT2D eigenvalue weighted by atomic mass is 9.82. The van der Waals surface area contributed by atoms with Crippen LogP contribution < -0.4 is 5.73 Å². The van der Waals surface area contributed by atoms with Crippen molar-refractivity contribution < 1.29 is 9.59 Å². The molecule has 4 N–H and O–H groups in total. The van der Waals surface area contributed by atoms with Gasteiger partial charge in [-0.3, -0.25) is 9.59 Å². The third-order valence-corrected chi connectivity index (χ3v) is 4.94. The van der Waals surface area contributed by atoms with E-state index in [1.54, 1.807) is 0 Å². The van der Waals surface area contributed by atoms with E-state index in [0.29, 0.717) is 63.0 Å². The van der Waals surface area contributed by atoms with Crippen LogP contribution in [0.25, 0.3) is 0 Å². The summed E-state index contributed by atoms with van der Waals surface area (Å²) in [6.07, 6.45) is 4.95. The van der Waals surface area contributed by atoms with Crippen molar-refractivity contribution in [3.63, 3.8) is 0 Å². The summed E-state index contributed by atoms with van der Waals surface area (Å²) in [6.45, 7) is 8.17. The van der Waals surface area contributed by atoms with E-state index in [4.69, 9.17) is 11.3 Å². The predicted octanol–water partition coefficient (Wildman–Crippen LogP) is 3.36. The van der Waals surface area contributed by atoms with E-state index < -0.39 is 0 Å². The van der Waals surface area contributed by atoms with E-state index in [-0.39, 0.29) is 22.4 Å². The minimum absolute atomic E-state index is 0.0840. The Morgan fingerprint density at radius 2 is 1.62 bits per heavy atom. The molecule has 0 bridgehead atoms. The molecule has 29 heavy (non-hydrogen) atoms. The Balaban J connectivity index is 2.23. The number of tetrazole rings is 1. The van der Waals surface area contributed by atoms with Crippen LogP contribution in [0.5, 0.6) is 0 Å². The van der Waals surface area contributed by atoms with Gasteiger partial charge in [0, 0.05) is 38.5 Å². The molecule has 1 heterocycles. The van der Waals surface area contributed by atoms with Crippen molar-refractivity contribution in [1.29, 1.82) is 5.53 Å². The second kappa shape index (κ2) is 11.5. The number of carbonyl (C=O) groups is 2. The van der Waals surface area contributed by atoms with Crippen molar-refractivity contribution in [3.8, 4) is 0 Å². The fourth-order valence-electron chi connectivity index (χ4n) is 3.14. The highest BCUT2D eigenvalue weighted by Crippen LogP contribution is 2.28. The zero-order chi connectivity index (χ0) is 21.9. The third-order valence-electron chi connectivity index (χ3n) is 4.94. The summed E-state index contributed by atoms with van der Waals surface area (Å²) in [5, 5.41) is 20.3. The van der Waals surface area contributed by atoms with Crippen LogP contribution in [-0.4, -0.2) is 38.0 Å². The number of Topliss-reactive ketones (excluding diaryl/α,β-unsaturated/α-hetero) is 2. The van der Waals surface area contributed by atoms with Gasteiger partial charge in [0.25, 0.3) is 0 Å². The van der Waals surface area contributed by atoms with Crippen molar-refractivity contribution in [1.82, 2.24) is 20.6 Å². The molecule has 0 aliphatic heterocycles. The molecule has 1 aromatic rings. The van der Waals surface area contributed by atoms with Crippen molar-refractivity contribution in [3.05, 3.63) is 5.82 Å². The van der Waals surface area contributed by atoms with Crippen molar-refractivity contribution in [2.45, 2.75) is 85.5 Å². The van der Waals surface area contributed by atoms with E-state index in [1.807, 2.05) is 13.8 Å². The Kier molecular flexibility index (Phi) is 9.70. The summed E-state index contributed by atoms with van der Waals surface area (Å²) in [5.74, 6) is 1.29. The van der Waals surface area contributed by atoms with Crippen LogP contribution in [0.3, 0.4) is 0 Å². The van der Waals surface area contributed by atoms with Gasteiger partial charge >= 0.3 is 0 Å². The monoisotopic (exact) mass is 406 g/mol. The molecule has 0 saturated carbocycles. The minimum atomic E-state index is -0.186. The van der Waals surface area contributed by atoms with Crippen LogP contribution in [0.15, 0.2) is 10.3 Å². The molecule has 0 aromatic carbocycles. The molecule has 0 aliphatic carbocycles. The number of nitrogens with one attached hydrogen (secondary N) is 2. The highest BCUT2D eigenvalue weighted by molar-refractivity contribution is 5.82. The average molecular weight is 407 g/mol. The Bertz CT molecular complexity index is 695. The highest BCUT2D eigenvalue weighted by atomic mass is 16.1. The topological polar surface area (TPSA) is 163 Å². The normalized spacial score (nSPS) is 12.8. The lowest BCUT2D eigenvalue weighted by molar-refractivity contribution is -0.121. The largest absolute Gasteiger partial charge is 0.386 e. The van der Waals surface area contributed by atoms with E-state index >= 15 is 0 Å². The molecular formula is C19H34N8O2. The van der Waals surface area contributed by atoms with Crippen LogP contribution in [0.1, 0.15) is 84.9 Å². The molecule has 0 aliphatic rings. The number of aromatic nitrogens is 4.